The maximum Gasteiger partial charge on any atom is 0.120 e. The maximum atomic E-state index is 9.81. The normalized spacial score (nSPS) is 18.6. The average molecular weight is 246 g/mol. The van der Waals surface area contributed by atoms with E-state index in [2.05, 4.69) is 0 Å². The Bertz CT molecular complexity index is 368. The molecule has 2 atom stereocenters. The molecule has 5 heteroatoms. The van der Waals surface area contributed by atoms with Gasteiger partial charge >= 0.3 is 0 Å². The number of benzene rings is 1. The van der Waals surface area contributed by atoms with E-state index in [1.54, 1.807) is 0 Å². The number of rotatable bonds is 3. The quantitative estimate of drug-likeness (QED) is 0.605. The summed E-state index contributed by atoms with van der Waals surface area (Å²) in [4.78, 5) is 0. The van der Waals surface area contributed by atoms with E-state index in [0.717, 1.165) is 12.8 Å². The molecule has 1 aromatic rings. The Morgan fingerprint density at radius 2 is 1.88 bits per heavy atom. The van der Waals surface area contributed by atoms with Crippen LogP contribution in [0.3, 0.4) is 0 Å². The van der Waals surface area contributed by atoms with Crippen LogP contribution in [0.2, 0.25) is 0 Å². The van der Waals surface area contributed by atoms with E-state index in [0.29, 0.717) is 5.56 Å². The molecule has 5 N–H and O–H groups in total. The second kappa shape index (κ2) is 4.91. The zero-order valence-electron chi connectivity index (χ0n) is 8.71. The van der Waals surface area contributed by atoms with Gasteiger partial charge in [-0.05, 0) is 37.0 Å². The molecule has 0 amide bonds. The van der Waals surface area contributed by atoms with Crippen molar-refractivity contribution >= 4 is 12.4 Å². The summed E-state index contributed by atoms with van der Waals surface area (Å²) in [6.45, 7) is 0. The van der Waals surface area contributed by atoms with Crippen LogP contribution in [0.15, 0.2) is 18.2 Å². The van der Waals surface area contributed by atoms with Gasteiger partial charge in [-0.15, -0.1) is 12.4 Å². The Morgan fingerprint density at radius 3 is 2.44 bits per heavy atom. The van der Waals surface area contributed by atoms with E-state index in [-0.39, 0.29) is 29.8 Å². The summed E-state index contributed by atoms with van der Waals surface area (Å²) in [5, 5.41) is 28.6. The summed E-state index contributed by atoms with van der Waals surface area (Å²) in [6, 6.07) is 3.52. The fraction of sp³-hybridized carbons (Fsp3) is 0.455. The van der Waals surface area contributed by atoms with Gasteiger partial charge in [-0.3, -0.25) is 0 Å². The van der Waals surface area contributed by atoms with E-state index in [1.165, 1.54) is 18.2 Å². The molecular weight excluding hydrogens is 230 g/mol. The van der Waals surface area contributed by atoms with Gasteiger partial charge < -0.3 is 21.1 Å². The Balaban J connectivity index is 0.00000128. The van der Waals surface area contributed by atoms with Gasteiger partial charge in [-0.25, -0.2) is 0 Å². The summed E-state index contributed by atoms with van der Waals surface area (Å²) in [5.74, 6) is 0.294. The molecule has 0 aromatic heterocycles. The minimum Gasteiger partial charge on any atom is -0.508 e. The summed E-state index contributed by atoms with van der Waals surface area (Å²) in [5.41, 5.74) is 6.23. The molecule has 0 aliphatic heterocycles. The van der Waals surface area contributed by atoms with Gasteiger partial charge in [0.1, 0.15) is 11.5 Å². The molecule has 16 heavy (non-hydrogen) atoms. The van der Waals surface area contributed by atoms with Gasteiger partial charge in [0.15, 0.2) is 0 Å². The molecule has 0 saturated heterocycles. The molecule has 1 aliphatic rings. The molecule has 1 aliphatic carbocycles. The van der Waals surface area contributed by atoms with Crippen molar-refractivity contribution in [1.82, 2.24) is 0 Å². The molecule has 0 spiro atoms. The molecule has 0 unspecified atom stereocenters. The van der Waals surface area contributed by atoms with Crippen LogP contribution in [0.5, 0.6) is 11.5 Å². The van der Waals surface area contributed by atoms with E-state index >= 15 is 0 Å². The summed E-state index contributed by atoms with van der Waals surface area (Å²) in [7, 11) is 0. The molecule has 90 valence electrons. The monoisotopic (exact) mass is 245 g/mol. The van der Waals surface area contributed by atoms with Crippen LogP contribution in [-0.4, -0.2) is 21.4 Å². The Labute approximate surface area is 100 Å². The lowest BCUT2D eigenvalue weighted by Crippen LogP contribution is -2.27. The van der Waals surface area contributed by atoms with Crippen LogP contribution in [-0.2, 0) is 0 Å². The SMILES string of the molecule is Cl.N[C@H](c1cc(O)ccc1O)[C@@H](O)C1CC1. The van der Waals surface area contributed by atoms with Crippen LogP contribution in [0.1, 0.15) is 24.4 Å². The average Bonchev–Trinajstić information content (AvgIpc) is 3.03. The van der Waals surface area contributed by atoms with Gasteiger partial charge in [0.25, 0.3) is 0 Å². The predicted octanol–water partition coefficient (Wildman–Crippen LogP) is 1.29. The third-order valence-electron chi connectivity index (χ3n) is 2.84. The molecule has 2 rings (SSSR count). The number of aromatic hydroxyl groups is 2. The van der Waals surface area contributed by atoms with Crippen molar-refractivity contribution in [2.24, 2.45) is 11.7 Å². The van der Waals surface area contributed by atoms with Crippen molar-refractivity contribution in [2.75, 3.05) is 0 Å². The summed E-state index contributed by atoms with van der Waals surface area (Å²) in [6.07, 6.45) is 1.32. The zero-order chi connectivity index (χ0) is 11.0. The second-order valence-electron chi connectivity index (χ2n) is 4.10. The highest BCUT2D eigenvalue weighted by Crippen LogP contribution is 2.39. The van der Waals surface area contributed by atoms with Crippen LogP contribution in [0.25, 0.3) is 0 Å². The zero-order valence-corrected chi connectivity index (χ0v) is 9.52. The van der Waals surface area contributed by atoms with Crippen molar-refractivity contribution in [3.05, 3.63) is 23.8 Å². The van der Waals surface area contributed by atoms with E-state index in [9.17, 15) is 15.3 Å². The number of aliphatic hydroxyl groups is 1. The maximum absolute atomic E-state index is 9.81. The first-order valence-electron chi connectivity index (χ1n) is 5.05. The molecule has 1 fully saturated rings. The number of hydrogen-bond acceptors (Lipinski definition) is 4. The minimum absolute atomic E-state index is 0. The Kier molecular flexibility index (Phi) is 4.02. The van der Waals surface area contributed by atoms with Gasteiger partial charge in [0.05, 0.1) is 12.1 Å². The molecule has 1 saturated carbocycles. The Hall–Kier alpha value is -0.970. The van der Waals surface area contributed by atoms with E-state index < -0.39 is 12.1 Å². The lowest BCUT2D eigenvalue weighted by molar-refractivity contribution is 0.121. The number of nitrogens with two attached hydrogens (primary N) is 1. The van der Waals surface area contributed by atoms with Gasteiger partial charge in [0, 0.05) is 5.56 Å². The van der Waals surface area contributed by atoms with Gasteiger partial charge in [-0.1, -0.05) is 0 Å². The third-order valence-corrected chi connectivity index (χ3v) is 2.84. The molecule has 0 radical (unpaired) electrons. The van der Waals surface area contributed by atoms with Crippen molar-refractivity contribution in [3.63, 3.8) is 0 Å². The number of halogens is 1. The van der Waals surface area contributed by atoms with Crippen molar-refractivity contribution < 1.29 is 15.3 Å². The van der Waals surface area contributed by atoms with E-state index in [4.69, 9.17) is 5.73 Å². The second-order valence-corrected chi connectivity index (χ2v) is 4.10. The minimum atomic E-state index is -0.641. The fourth-order valence-electron chi connectivity index (χ4n) is 1.72. The van der Waals surface area contributed by atoms with Crippen LogP contribution in [0.4, 0.5) is 0 Å². The van der Waals surface area contributed by atoms with Crippen LogP contribution >= 0.6 is 12.4 Å². The molecule has 4 nitrogen and oxygen atoms in total. The van der Waals surface area contributed by atoms with E-state index in [1.807, 2.05) is 0 Å². The fourth-order valence-corrected chi connectivity index (χ4v) is 1.72. The predicted molar refractivity (Wildman–Crippen MR) is 62.7 cm³/mol. The highest BCUT2D eigenvalue weighted by molar-refractivity contribution is 5.85. The number of hydrogen-bond donors (Lipinski definition) is 4. The number of aliphatic hydroxyl groups excluding tert-OH is 1. The van der Waals surface area contributed by atoms with Crippen molar-refractivity contribution in [2.45, 2.75) is 25.0 Å². The lowest BCUT2D eigenvalue weighted by Gasteiger charge is -2.19. The highest BCUT2D eigenvalue weighted by atomic mass is 35.5. The van der Waals surface area contributed by atoms with Gasteiger partial charge in [0.2, 0.25) is 0 Å². The van der Waals surface area contributed by atoms with Crippen molar-refractivity contribution in [1.29, 1.82) is 0 Å². The smallest absolute Gasteiger partial charge is 0.120 e. The first-order chi connectivity index (χ1) is 7.09. The number of phenolic OH excluding ortho intramolecular Hbond substituents is 2. The first-order valence-corrected chi connectivity index (χ1v) is 5.05. The molecule has 0 bridgehead atoms. The van der Waals surface area contributed by atoms with Crippen molar-refractivity contribution in [3.8, 4) is 11.5 Å². The standard InChI is InChI=1S/C11H15NO3.ClH/c12-10(11(15)6-1-2-6)8-5-7(13)3-4-9(8)14;/h3-6,10-11,13-15H,1-2,12H2;1H/t10-,11+;/m1./s1. The topological polar surface area (TPSA) is 86.7 Å². The number of phenols is 2. The Morgan fingerprint density at radius 1 is 1.25 bits per heavy atom. The first kappa shape index (κ1) is 13.1. The third kappa shape index (κ3) is 2.58. The summed E-state index contributed by atoms with van der Waals surface area (Å²) >= 11 is 0. The van der Waals surface area contributed by atoms with Gasteiger partial charge in [-0.2, -0.15) is 0 Å². The highest BCUT2D eigenvalue weighted by Gasteiger charge is 2.35. The largest absolute Gasteiger partial charge is 0.508 e. The molecule has 0 heterocycles. The molecular formula is C11H16ClNO3. The van der Waals surface area contributed by atoms with Crippen LogP contribution in [0, 0.1) is 5.92 Å². The molecule has 1 aromatic carbocycles. The summed E-state index contributed by atoms with van der Waals surface area (Å²) < 4.78 is 0. The lowest BCUT2D eigenvalue weighted by atomic mass is 9.98. The van der Waals surface area contributed by atoms with Crippen LogP contribution < -0.4 is 5.73 Å².